The molecular formula is C16H23NO2S. The molecule has 0 saturated heterocycles. The average molecular weight is 293 g/mol. The zero-order valence-corrected chi connectivity index (χ0v) is 12.6. The molecule has 0 radical (unpaired) electrons. The SMILES string of the molecule is O=C(CCSc1ccccc1)NC1CCCCCC1O. The number of hydrogen-bond donors (Lipinski definition) is 2. The van der Waals surface area contributed by atoms with Crippen LogP contribution in [0.1, 0.15) is 38.5 Å². The summed E-state index contributed by atoms with van der Waals surface area (Å²) in [4.78, 5) is 13.1. The average Bonchev–Trinajstić information content (AvgIpc) is 2.65. The Bertz CT molecular complexity index is 410. The minimum absolute atomic E-state index is 0.0493. The van der Waals surface area contributed by atoms with Crippen molar-refractivity contribution in [3.05, 3.63) is 30.3 Å². The minimum atomic E-state index is -0.372. The molecule has 1 amide bonds. The minimum Gasteiger partial charge on any atom is -0.391 e. The number of carbonyl (C=O) groups excluding carboxylic acids is 1. The molecule has 1 saturated carbocycles. The van der Waals surface area contributed by atoms with Crippen molar-refractivity contribution in [2.75, 3.05) is 5.75 Å². The van der Waals surface area contributed by atoms with Gasteiger partial charge in [0.1, 0.15) is 0 Å². The third-order valence-corrected chi connectivity index (χ3v) is 4.68. The van der Waals surface area contributed by atoms with Gasteiger partial charge >= 0.3 is 0 Å². The summed E-state index contributed by atoms with van der Waals surface area (Å²) in [5.74, 6) is 0.831. The molecule has 4 heteroatoms. The number of aliphatic hydroxyl groups is 1. The lowest BCUT2D eigenvalue weighted by Crippen LogP contribution is -2.42. The molecule has 1 aliphatic rings. The number of nitrogens with one attached hydrogen (secondary N) is 1. The van der Waals surface area contributed by atoms with Crippen molar-refractivity contribution in [1.82, 2.24) is 5.32 Å². The van der Waals surface area contributed by atoms with Crippen molar-refractivity contribution in [2.45, 2.75) is 55.6 Å². The van der Waals surface area contributed by atoms with Crippen molar-refractivity contribution < 1.29 is 9.90 Å². The van der Waals surface area contributed by atoms with Crippen LogP contribution in [-0.2, 0) is 4.79 Å². The van der Waals surface area contributed by atoms with E-state index in [4.69, 9.17) is 0 Å². The van der Waals surface area contributed by atoms with Crippen molar-refractivity contribution in [3.8, 4) is 0 Å². The molecule has 1 aliphatic carbocycles. The predicted octanol–water partition coefficient (Wildman–Crippen LogP) is 2.98. The zero-order chi connectivity index (χ0) is 14.2. The van der Waals surface area contributed by atoms with Gasteiger partial charge in [0.2, 0.25) is 5.91 Å². The van der Waals surface area contributed by atoms with E-state index in [-0.39, 0.29) is 18.1 Å². The fourth-order valence-electron chi connectivity index (χ4n) is 2.51. The van der Waals surface area contributed by atoms with Gasteiger partial charge < -0.3 is 10.4 Å². The molecule has 2 atom stereocenters. The maximum Gasteiger partial charge on any atom is 0.221 e. The molecule has 1 aromatic rings. The van der Waals surface area contributed by atoms with Gasteiger partial charge in [0.05, 0.1) is 12.1 Å². The highest BCUT2D eigenvalue weighted by Gasteiger charge is 2.22. The highest BCUT2D eigenvalue weighted by Crippen LogP contribution is 2.19. The van der Waals surface area contributed by atoms with Crippen LogP contribution in [0.15, 0.2) is 35.2 Å². The normalized spacial score (nSPS) is 23.1. The Morgan fingerprint density at radius 3 is 2.75 bits per heavy atom. The van der Waals surface area contributed by atoms with Gasteiger partial charge in [-0.15, -0.1) is 11.8 Å². The molecule has 2 N–H and O–H groups in total. The monoisotopic (exact) mass is 293 g/mol. The Hall–Kier alpha value is -1.00. The molecule has 1 aromatic carbocycles. The quantitative estimate of drug-likeness (QED) is 0.648. The topological polar surface area (TPSA) is 49.3 Å². The van der Waals surface area contributed by atoms with Crippen molar-refractivity contribution >= 4 is 17.7 Å². The van der Waals surface area contributed by atoms with Crippen LogP contribution in [0.4, 0.5) is 0 Å². The first-order chi connectivity index (χ1) is 9.75. The lowest BCUT2D eigenvalue weighted by Gasteiger charge is -2.21. The Balaban J connectivity index is 1.69. The van der Waals surface area contributed by atoms with Crippen LogP contribution in [0.5, 0.6) is 0 Å². The number of thioether (sulfide) groups is 1. The number of carbonyl (C=O) groups is 1. The number of hydrogen-bond acceptors (Lipinski definition) is 3. The summed E-state index contributed by atoms with van der Waals surface area (Å²) in [6, 6.07) is 10.1. The van der Waals surface area contributed by atoms with E-state index >= 15 is 0 Å². The second-order valence-corrected chi connectivity index (χ2v) is 6.46. The van der Waals surface area contributed by atoms with E-state index in [1.54, 1.807) is 11.8 Å². The van der Waals surface area contributed by atoms with Gasteiger partial charge in [0.15, 0.2) is 0 Å². The van der Waals surface area contributed by atoms with Crippen LogP contribution in [0.2, 0.25) is 0 Å². The van der Waals surface area contributed by atoms with Crippen molar-refractivity contribution in [1.29, 1.82) is 0 Å². The molecule has 0 aliphatic heterocycles. The standard InChI is InChI=1S/C16H23NO2S/c18-15-10-6-2-5-9-14(15)17-16(19)11-12-20-13-7-3-1-4-8-13/h1,3-4,7-8,14-15,18H,2,5-6,9-12H2,(H,17,19). The largest absolute Gasteiger partial charge is 0.391 e. The molecule has 0 bridgehead atoms. The van der Waals surface area contributed by atoms with E-state index in [9.17, 15) is 9.90 Å². The first-order valence-electron chi connectivity index (χ1n) is 7.41. The summed E-state index contributed by atoms with van der Waals surface area (Å²) >= 11 is 1.69. The van der Waals surface area contributed by atoms with Crippen LogP contribution in [0.3, 0.4) is 0 Å². The predicted molar refractivity (Wildman–Crippen MR) is 82.8 cm³/mol. The van der Waals surface area contributed by atoms with Gasteiger partial charge in [-0.05, 0) is 25.0 Å². The smallest absolute Gasteiger partial charge is 0.221 e. The number of aliphatic hydroxyl groups excluding tert-OH is 1. The second kappa shape index (κ2) is 8.32. The Labute approximate surface area is 125 Å². The van der Waals surface area contributed by atoms with E-state index in [0.717, 1.165) is 37.9 Å². The van der Waals surface area contributed by atoms with Gasteiger partial charge in [0.25, 0.3) is 0 Å². The second-order valence-electron chi connectivity index (χ2n) is 5.29. The summed E-state index contributed by atoms with van der Waals surface area (Å²) < 4.78 is 0. The lowest BCUT2D eigenvalue weighted by molar-refractivity contribution is -0.122. The number of rotatable bonds is 5. The fraction of sp³-hybridized carbons (Fsp3) is 0.562. The van der Waals surface area contributed by atoms with E-state index in [2.05, 4.69) is 17.4 Å². The highest BCUT2D eigenvalue weighted by atomic mass is 32.2. The summed E-state index contributed by atoms with van der Waals surface area (Å²) in [7, 11) is 0. The van der Waals surface area contributed by atoms with E-state index < -0.39 is 0 Å². The lowest BCUT2D eigenvalue weighted by atomic mass is 10.1. The first kappa shape index (κ1) is 15.4. The van der Waals surface area contributed by atoms with Crippen LogP contribution in [-0.4, -0.2) is 28.9 Å². The molecule has 0 aromatic heterocycles. The highest BCUT2D eigenvalue weighted by molar-refractivity contribution is 7.99. The fourth-order valence-corrected chi connectivity index (χ4v) is 3.39. The van der Waals surface area contributed by atoms with Crippen LogP contribution in [0, 0.1) is 0 Å². The van der Waals surface area contributed by atoms with E-state index in [1.165, 1.54) is 4.90 Å². The Kier molecular flexibility index (Phi) is 6.40. The van der Waals surface area contributed by atoms with Gasteiger partial charge in [-0.2, -0.15) is 0 Å². The van der Waals surface area contributed by atoms with Gasteiger partial charge in [-0.3, -0.25) is 4.79 Å². The molecular weight excluding hydrogens is 270 g/mol. The maximum absolute atomic E-state index is 11.9. The molecule has 3 nitrogen and oxygen atoms in total. The molecule has 0 heterocycles. The summed E-state index contributed by atoms with van der Waals surface area (Å²) in [5, 5.41) is 13.0. The van der Waals surface area contributed by atoms with Crippen LogP contribution in [0.25, 0.3) is 0 Å². The molecule has 1 fully saturated rings. The van der Waals surface area contributed by atoms with Gasteiger partial charge in [-0.1, -0.05) is 37.5 Å². The molecule has 110 valence electrons. The summed E-state index contributed by atoms with van der Waals surface area (Å²) in [6.45, 7) is 0. The van der Waals surface area contributed by atoms with Gasteiger partial charge in [-0.25, -0.2) is 0 Å². The third kappa shape index (κ3) is 5.17. The van der Waals surface area contributed by atoms with Gasteiger partial charge in [0, 0.05) is 17.1 Å². The summed E-state index contributed by atoms with van der Waals surface area (Å²) in [5.41, 5.74) is 0. The van der Waals surface area contributed by atoms with Crippen LogP contribution >= 0.6 is 11.8 Å². The van der Waals surface area contributed by atoms with E-state index in [0.29, 0.717) is 6.42 Å². The molecule has 2 unspecified atom stereocenters. The Morgan fingerprint density at radius 2 is 1.95 bits per heavy atom. The zero-order valence-electron chi connectivity index (χ0n) is 11.8. The van der Waals surface area contributed by atoms with Crippen LogP contribution < -0.4 is 5.32 Å². The maximum atomic E-state index is 11.9. The number of benzene rings is 1. The molecule has 20 heavy (non-hydrogen) atoms. The van der Waals surface area contributed by atoms with Crippen molar-refractivity contribution in [3.63, 3.8) is 0 Å². The molecule has 2 rings (SSSR count). The first-order valence-corrected chi connectivity index (χ1v) is 8.39. The van der Waals surface area contributed by atoms with E-state index in [1.807, 2.05) is 18.2 Å². The number of amides is 1. The third-order valence-electron chi connectivity index (χ3n) is 3.67. The molecule has 0 spiro atoms. The Morgan fingerprint density at radius 1 is 1.20 bits per heavy atom. The van der Waals surface area contributed by atoms with Crippen molar-refractivity contribution in [2.24, 2.45) is 0 Å². The summed E-state index contributed by atoms with van der Waals surface area (Å²) in [6.07, 6.45) is 5.17.